The molecule has 0 radical (unpaired) electrons. The Labute approximate surface area is 276 Å². The first-order valence-corrected chi connectivity index (χ1v) is 16.1. The summed E-state index contributed by atoms with van der Waals surface area (Å²) < 4.78 is 13.4. The zero-order valence-electron chi connectivity index (χ0n) is 26.9. The molecule has 0 bridgehead atoms. The number of carboxylic acid groups (broad SMARTS) is 1. The number of benzene rings is 3. The van der Waals surface area contributed by atoms with Crippen LogP contribution < -0.4 is 5.32 Å². The van der Waals surface area contributed by atoms with Gasteiger partial charge in [0.2, 0.25) is 5.91 Å². The summed E-state index contributed by atoms with van der Waals surface area (Å²) in [5.41, 5.74) is 6.73. The molecule has 0 spiro atoms. The topological polar surface area (TPSA) is 121 Å². The first kappa shape index (κ1) is 33.9. The molecule has 1 fully saturated rings. The molecule has 1 aromatic heterocycles. The number of carboxylic acids is 1. The van der Waals surface area contributed by atoms with Gasteiger partial charge in [-0.1, -0.05) is 73.7 Å². The number of hydrogen-bond acceptors (Lipinski definition) is 7. The van der Waals surface area contributed by atoms with E-state index >= 15 is 0 Å². The van der Waals surface area contributed by atoms with Gasteiger partial charge in [0, 0.05) is 55.8 Å². The van der Waals surface area contributed by atoms with Gasteiger partial charge in [0.1, 0.15) is 0 Å². The van der Waals surface area contributed by atoms with Gasteiger partial charge in [-0.05, 0) is 59.1 Å². The van der Waals surface area contributed by atoms with Crippen LogP contribution in [0, 0.1) is 5.92 Å². The molecule has 3 N–H and O–H groups in total. The molecule has 1 aliphatic rings. The van der Waals surface area contributed by atoms with E-state index in [0.717, 1.165) is 58.6 Å². The molecule has 9 heteroatoms. The molecule has 1 saturated heterocycles. The van der Waals surface area contributed by atoms with Crippen LogP contribution in [0.4, 0.5) is 0 Å². The Morgan fingerprint density at radius 1 is 0.872 bits per heavy atom. The van der Waals surface area contributed by atoms with E-state index in [1.165, 1.54) is 0 Å². The summed E-state index contributed by atoms with van der Waals surface area (Å²) in [5, 5.41) is 21.2. The maximum absolute atomic E-state index is 12.1. The van der Waals surface area contributed by atoms with Crippen LogP contribution in [0.5, 0.6) is 0 Å². The first-order chi connectivity index (χ1) is 22.8. The Bertz CT molecular complexity index is 1610. The second kappa shape index (κ2) is 16.4. The van der Waals surface area contributed by atoms with Gasteiger partial charge in [0.15, 0.2) is 6.29 Å². The summed E-state index contributed by atoms with van der Waals surface area (Å²) in [7, 11) is 2.11. The highest BCUT2D eigenvalue weighted by atomic mass is 16.7. The van der Waals surface area contributed by atoms with Crippen LogP contribution in [0.1, 0.15) is 60.1 Å². The molecule has 1 aliphatic heterocycles. The Morgan fingerprint density at radius 2 is 1.64 bits per heavy atom. The number of aliphatic carboxylic acids is 1. The number of amides is 1. The van der Waals surface area contributed by atoms with Crippen LogP contribution in [-0.4, -0.2) is 58.2 Å². The summed E-state index contributed by atoms with van der Waals surface area (Å²) in [6.45, 7) is 4.03. The second-order valence-corrected chi connectivity index (χ2v) is 12.2. The number of carbonyl (C=O) groups is 2. The first-order valence-electron chi connectivity index (χ1n) is 16.1. The molecule has 0 aliphatic carbocycles. The average molecular weight is 638 g/mol. The number of carbonyl (C=O) groups excluding carboxylic acids is 1. The number of nitrogens with one attached hydrogen (secondary N) is 1. The summed E-state index contributed by atoms with van der Waals surface area (Å²) in [4.78, 5) is 29.6. The van der Waals surface area contributed by atoms with Crippen molar-refractivity contribution in [2.75, 3.05) is 20.1 Å². The van der Waals surface area contributed by atoms with E-state index in [4.69, 9.17) is 14.6 Å². The highest BCUT2D eigenvalue weighted by molar-refractivity contribution is 5.80. The zero-order chi connectivity index (χ0) is 33.2. The third-order valence-electron chi connectivity index (χ3n) is 8.57. The average Bonchev–Trinajstić information content (AvgIpc) is 3.10. The molecule has 3 aromatic carbocycles. The lowest BCUT2D eigenvalue weighted by Gasteiger charge is -2.42. The van der Waals surface area contributed by atoms with Crippen LogP contribution in [0.25, 0.3) is 11.1 Å². The van der Waals surface area contributed by atoms with Gasteiger partial charge in [0.25, 0.3) is 0 Å². The van der Waals surface area contributed by atoms with E-state index in [0.29, 0.717) is 6.54 Å². The maximum Gasteiger partial charge on any atom is 0.303 e. The number of rotatable bonds is 14. The number of aliphatic hydroxyl groups is 1. The molecule has 1 amide bonds. The van der Waals surface area contributed by atoms with Crippen LogP contribution in [0.15, 0.2) is 97.2 Å². The minimum Gasteiger partial charge on any atom is -0.481 e. The molecule has 2 heterocycles. The number of likely N-dealkylation sites (N-methyl/N-ethyl adjacent to an activating group) is 1. The quantitative estimate of drug-likeness (QED) is 0.161. The van der Waals surface area contributed by atoms with Crippen molar-refractivity contribution in [1.29, 1.82) is 0 Å². The molecule has 4 unspecified atom stereocenters. The lowest BCUT2D eigenvalue weighted by Crippen LogP contribution is -2.43. The SMILES string of the molecule is CC1C(CN(C)CCc2ccccn2)OC(c2cccc(-c3cccc(CNC(=O)CCC(=O)O)c3)c2)OC1c1ccc(CO)cc1. The van der Waals surface area contributed by atoms with Crippen molar-refractivity contribution >= 4 is 11.9 Å². The van der Waals surface area contributed by atoms with E-state index in [1.54, 1.807) is 0 Å². The molecular weight excluding hydrogens is 594 g/mol. The smallest absolute Gasteiger partial charge is 0.303 e. The van der Waals surface area contributed by atoms with Gasteiger partial charge in [-0.25, -0.2) is 0 Å². The number of aromatic nitrogens is 1. The van der Waals surface area contributed by atoms with E-state index in [2.05, 4.69) is 35.2 Å². The molecule has 5 rings (SSSR count). The van der Waals surface area contributed by atoms with Crippen molar-refractivity contribution in [2.24, 2.45) is 5.92 Å². The Balaban J connectivity index is 1.33. The van der Waals surface area contributed by atoms with E-state index < -0.39 is 12.3 Å². The van der Waals surface area contributed by atoms with Gasteiger partial charge in [0.05, 0.1) is 25.2 Å². The number of aliphatic hydroxyl groups excluding tert-OH is 1. The molecule has 47 heavy (non-hydrogen) atoms. The fourth-order valence-electron chi connectivity index (χ4n) is 5.81. The van der Waals surface area contributed by atoms with Crippen molar-refractivity contribution in [3.05, 3.63) is 125 Å². The predicted molar refractivity (Wildman–Crippen MR) is 179 cm³/mol. The Hall–Kier alpha value is -4.41. The highest BCUT2D eigenvalue weighted by Gasteiger charge is 2.38. The largest absolute Gasteiger partial charge is 0.481 e. The number of pyridine rings is 1. The Kier molecular flexibility index (Phi) is 11.9. The van der Waals surface area contributed by atoms with Gasteiger partial charge in [-0.2, -0.15) is 0 Å². The van der Waals surface area contributed by atoms with Gasteiger partial charge >= 0.3 is 5.97 Å². The highest BCUT2D eigenvalue weighted by Crippen LogP contribution is 2.42. The minimum absolute atomic E-state index is 0.0120. The molecule has 4 aromatic rings. The summed E-state index contributed by atoms with van der Waals surface area (Å²) in [6.07, 6.45) is 1.50. The molecule has 246 valence electrons. The van der Waals surface area contributed by atoms with Gasteiger partial charge in [-0.3, -0.25) is 14.6 Å². The second-order valence-electron chi connectivity index (χ2n) is 12.2. The standard InChI is InChI=1S/C38H43N3O6/c1-26-34(24-41(2)20-18-33-11-3-4-19-39-33)46-38(47-37(26)29-14-12-27(25-42)13-15-29)32-10-6-9-31(22-32)30-8-5-7-28(21-30)23-40-35(43)16-17-36(44)45/h3-15,19,21-22,26,34,37-38,42H,16-18,20,23-25H2,1-2H3,(H,40,43)(H,44,45). The third kappa shape index (κ3) is 9.56. The fraction of sp³-hybridized carbons (Fsp3) is 0.342. The monoisotopic (exact) mass is 637 g/mol. The minimum atomic E-state index is -0.993. The zero-order valence-corrected chi connectivity index (χ0v) is 26.9. The van der Waals surface area contributed by atoms with E-state index in [9.17, 15) is 14.7 Å². The fourth-order valence-corrected chi connectivity index (χ4v) is 5.81. The molecule has 9 nitrogen and oxygen atoms in total. The van der Waals surface area contributed by atoms with Gasteiger partial charge in [-0.15, -0.1) is 0 Å². The van der Waals surface area contributed by atoms with Crippen LogP contribution in [-0.2, 0) is 38.6 Å². The predicted octanol–water partition coefficient (Wildman–Crippen LogP) is 5.69. The summed E-state index contributed by atoms with van der Waals surface area (Å²) in [5.74, 6) is -1.22. The lowest BCUT2D eigenvalue weighted by atomic mass is 9.90. The Morgan fingerprint density at radius 3 is 2.36 bits per heavy atom. The summed E-state index contributed by atoms with van der Waals surface area (Å²) in [6, 6.07) is 30.0. The molecule has 4 atom stereocenters. The van der Waals surface area contributed by atoms with Crippen molar-refractivity contribution in [3.8, 4) is 11.1 Å². The van der Waals surface area contributed by atoms with Gasteiger partial charge < -0.3 is 29.9 Å². The van der Waals surface area contributed by atoms with Crippen molar-refractivity contribution in [1.82, 2.24) is 15.2 Å². The number of nitrogens with zero attached hydrogens (tertiary/aromatic N) is 2. The maximum atomic E-state index is 12.1. The van der Waals surface area contributed by atoms with E-state index in [1.807, 2.05) is 91.1 Å². The van der Waals surface area contributed by atoms with Crippen molar-refractivity contribution in [3.63, 3.8) is 0 Å². The normalized spacial score (nSPS) is 19.4. The van der Waals surface area contributed by atoms with Crippen molar-refractivity contribution < 1.29 is 29.3 Å². The van der Waals surface area contributed by atoms with E-state index in [-0.39, 0.29) is 43.5 Å². The number of ether oxygens (including phenoxy) is 2. The molecular formula is C38H43N3O6. The van der Waals surface area contributed by atoms with Crippen LogP contribution in [0.3, 0.4) is 0 Å². The lowest BCUT2D eigenvalue weighted by molar-refractivity contribution is -0.275. The van der Waals surface area contributed by atoms with Crippen LogP contribution >= 0.6 is 0 Å². The van der Waals surface area contributed by atoms with Crippen LogP contribution in [0.2, 0.25) is 0 Å². The summed E-state index contributed by atoms with van der Waals surface area (Å²) >= 11 is 0. The molecule has 0 saturated carbocycles. The van der Waals surface area contributed by atoms with Crippen molar-refractivity contribution in [2.45, 2.75) is 57.8 Å². The number of hydrogen-bond donors (Lipinski definition) is 3. The third-order valence-corrected chi connectivity index (χ3v) is 8.57.